The highest BCUT2D eigenvalue weighted by Crippen LogP contribution is 2.31. The molecule has 1 N–H and O–H groups in total. The van der Waals surface area contributed by atoms with E-state index in [2.05, 4.69) is 47.1 Å². The zero-order valence-corrected chi connectivity index (χ0v) is 15.2. The molecule has 0 radical (unpaired) electrons. The normalized spacial score (nSPS) is 10.6. The van der Waals surface area contributed by atoms with Gasteiger partial charge in [-0.1, -0.05) is 6.07 Å². The summed E-state index contributed by atoms with van der Waals surface area (Å²) in [6, 6.07) is 5.62. The Morgan fingerprint density at radius 1 is 1.36 bits per heavy atom. The first kappa shape index (κ1) is 15.4. The highest BCUT2D eigenvalue weighted by Gasteiger charge is 2.13. The van der Waals surface area contributed by atoms with E-state index in [-0.39, 0.29) is 5.91 Å². The van der Waals surface area contributed by atoms with Crippen LogP contribution in [0.25, 0.3) is 5.82 Å². The zero-order valence-electron chi connectivity index (χ0n) is 11.2. The largest absolute Gasteiger partial charge is 0.348 e. The van der Waals surface area contributed by atoms with Crippen molar-refractivity contribution in [2.45, 2.75) is 6.54 Å². The first-order valence-electron chi connectivity index (χ1n) is 6.30. The molecule has 3 heterocycles. The molecule has 22 heavy (non-hydrogen) atoms. The number of halogens is 2. The van der Waals surface area contributed by atoms with Gasteiger partial charge >= 0.3 is 0 Å². The topological polar surface area (TPSA) is 59.8 Å². The molecule has 1 amide bonds. The predicted octanol–water partition coefficient (Wildman–Crippen LogP) is 3.78. The molecule has 0 bridgehead atoms. The third-order valence-electron chi connectivity index (χ3n) is 2.93. The maximum absolute atomic E-state index is 12.1. The quantitative estimate of drug-likeness (QED) is 0.670. The maximum atomic E-state index is 12.1. The molecule has 0 saturated carbocycles. The molecule has 3 rings (SSSR count). The molecule has 5 nitrogen and oxygen atoms in total. The van der Waals surface area contributed by atoms with E-state index in [0.29, 0.717) is 12.1 Å². The molecule has 0 aliphatic rings. The van der Waals surface area contributed by atoms with Crippen molar-refractivity contribution in [2.24, 2.45) is 0 Å². The number of hydrogen-bond acceptors (Lipinski definition) is 4. The van der Waals surface area contributed by atoms with Gasteiger partial charge in [-0.2, -0.15) is 0 Å². The van der Waals surface area contributed by atoms with Crippen LogP contribution in [-0.2, 0) is 6.54 Å². The van der Waals surface area contributed by atoms with Gasteiger partial charge < -0.3 is 5.32 Å². The van der Waals surface area contributed by atoms with E-state index in [1.165, 1.54) is 11.3 Å². The van der Waals surface area contributed by atoms with Crippen molar-refractivity contribution in [3.05, 3.63) is 61.8 Å². The molecule has 0 saturated heterocycles. The predicted molar refractivity (Wildman–Crippen MR) is 92.2 cm³/mol. The van der Waals surface area contributed by atoms with Gasteiger partial charge in [0.15, 0.2) is 0 Å². The molecular weight excluding hydrogens is 432 g/mol. The Morgan fingerprint density at radius 2 is 2.23 bits per heavy atom. The number of pyridine rings is 1. The van der Waals surface area contributed by atoms with Gasteiger partial charge in [-0.05, 0) is 49.6 Å². The highest BCUT2D eigenvalue weighted by molar-refractivity contribution is 9.12. The Balaban J connectivity index is 1.64. The number of hydrogen-bond donors (Lipinski definition) is 1. The molecule has 112 valence electrons. The van der Waals surface area contributed by atoms with Gasteiger partial charge in [0.05, 0.1) is 13.1 Å². The van der Waals surface area contributed by atoms with Crippen molar-refractivity contribution in [1.29, 1.82) is 0 Å². The summed E-state index contributed by atoms with van der Waals surface area (Å²) < 4.78 is 3.55. The lowest BCUT2D eigenvalue weighted by Gasteiger charge is -2.06. The summed E-state index contributed by atoms with van der Waals surface area (Å²) in [5, 5.41) is 2.88. The minimum atomic E-state index is -0.118. The van der Waals surface area contributed by atoms with Crippen LogP contribution in [0.2, 0.25) is 0 Å². The van der Waals surface area contributed by atoms with Gasteiger partial charge in [-0.25, -0.2) is 9.97 Å². The number of thiophene rings is 1. The van der Waals surface area contributed by atoms with Crippen LogP contribution in [0.15, 0.2) is 50.7 Å². The van der Waals surface area contributed by atoms with Crippen molar-refractivity contribution >= 4 is 49.1 Å². The van der Waals surface area contributed by atoms with Crippen molar-refractivity contribution < 1.29 is 4.79 Å². The summed E-state index contributed by atoms with van der Waals surface area (Å²) in [7, 11) is 0. The van der Waals surface area contributed by atoms with E-state index in [1.807, 2.05) is 22.9 Å². The second-order valence-corrected chi connectivity index (χ2v) is 8.16. The van der Waals surface area contributed by atoms with Gasteiger partial charge in [0.1, 0.15) is 12.1 Å². The lowest BCUT2D eigenvalue weighted by atomic mass is 10.2. The molecule has 0 atom stereocenters. The summed E-state index contributed by atoms with van der Waals surface area (Å²) in [4.78, 5) is 20.5. The molecule has 0 aromatic carbocycles. The van der Waals surface area contributed by atoms with E-state index in [0.717, 1.165) is 19.0 Å². The van der Waals surface area contributed by atoms with Crippen LogP contribution in [0, 0.1) is 0 Å². The Bertz CT molecular complexity index is 784. The Hall–Kier alpha value is -1.51. The van der Waals surface area contributed by atoms with E-state index in [9.17, 15) is 4.79 Å². The van der Waals surface area contributed by atoms with Crippen LogP contribution in [0.1, 0.15) is 15.9 Å². The van der Waals surface area contributed by atoms with Crippen LogP contribution >= 0.6 is 43.2 Å². The smallest absolute Gasteiger partial charge is 0.253 e. The van der Waals surface area contributed by atoms with Gasteiger partial charge in [0.2, 0.25) is 0 Å². The highest BCUT2D eigenvalue weighted by atomic mass is 79.9. The molecule has 0 fully saturated rings. The zero-order chi connectivity index (χ0) is 15.5. The van der Waals surface area contributed by atoms with Gasteiger partial charge in [0.25, 0.3) is 5.91 Å². The fraction of sp³-hybridized carbons (Fsp3) is 0.0714. The van der Waals surface area contributed by atoms with Crippen LogP contribution in [0.3, 0.4) is 0 Å². The fourth-order valence-corrected chi connectivity index (χ4v) is 4.63. The monoisotopic (exact) mass is 440 g/mol. The van der Waals surface area contributed by atoms with E-state index in [4.69, 9.17) is 0 Å². The number of nitrogens with zero attached hydrogens (tertiary/aromatic N) is 3. The van der Waals surface area contributed by atoms with Crippen LogP contribution < -0.4 is 5.32 Å². The van der Waals surface area contributed by atoms with E-state index in [1.54, 1.807) is 24.8 Å². The number of aromatic nitrogens is 3. The standard InChI is InChI=1S/C14H10Br2N4OS/c15-11-5-10(13(16)22-11)14(21)19-7-9-1-2-12(18-6-9)20-4-3-17-8-20/h1-6,8H,7H2,(H,19,21). The Kier molecular flexibility index (Phi) is 4.70. The lowest BCUT2D eigenvalue weighted by Crippen LogP contribution is -2.22. The van der Waals surface area contributed by atoms with E-state index < -0.39 is 0 Å². The SMILES string of the molecule is O=C(NCc1ccc(-n2ccnc2)nc1)c1cc(Br)sc1Br. The second kappa shape index (κ2) is 6.72. The number of rotatable bonds is 4. The maximum Gasteiger partial charge on any atom is 0.253 e. The van der Waals surface area contributed by atoms with Crippen LogP contribution in [0.4, 0.5) is 0 Å². The summed E-state index contributed by atoms with van der Waals surface area (Å²) >= 11 is 8.22. The third kappa shape index (κ3) is 3.45. The second-order valence-electron chi connectivity index (χ2n) is 4.42. The van der Waals surface area contributed by atoms with Crippen molar-refractivity contribution in [3.63, 3.8) is 0 Å². The van der Waals surface area contributed by atoms with Crippen molar-refractivity contribution in [2.75, 3.05) is 0 Å². The average Bonchev–Trinajstić information content (AvgIpc) is 3.15. The molecule has 0 aliphatic heterocycles. The van der Waals surface area contributed by atoms with Crippen molar-refractivity contribution in [3.8, 4) is 5.82 Å². The molecule has 0 aliphatic carbocycles. The minimum absolute atomic E-state index is 0.118. The van der Waals surface area contributed by atoms with Gasteiger partial charge in [0, 0.05) is 25.1 Å². The Labute approximate surface area is 147 Å². The third-order valence-corrected chi connectivity index (χ3v) is 5.27. The van der Waals surface area contributed by atoms with Gasteiger partial charge in [-0.3, -0.25) is 9.36 Å². The number of nitrogens with one attached hydrogen (secondary N) is 1. The molecule has 8 heteroatoms. The fourth-order valence-electron chi connectivity index (χ4n) is 1.84. The number of imidazole rings is 1. The first-order chi connectivity index (χ1) is 10.6. The van der Waals surface area contributed by atoms with Crippen molar-refractivity contribution in [1.82, 2.24) is 19.9 Å². The molecule has 0 spiro atoms. The Morgan fingerprint density at radius 3 is 2.82 bits per heavy atom. The minimum Gasteiger partial charge on any atom is -0.348 e. The summed E-state index contributed by atoms with van der Waals surface area (Å²) in [6.07, 6.45) is 6.96. The molecular formula is C14H10Br2N4OS. The van der Waals surface area contributed by atoms with E-state index >= 15 is 0 Å². The first-order valence-corrected chi connectivity index (χ1v) is 8.70. The summed E-state index contributed by atoms with van der Waals surface area (Å²) in [5.74, 6) is 0.671. The van der Waals surface area contributed by atoms with Crippen LogP contribution in [-0.4, -0.2) is 20.4 Å². The molecule has 0 unspecified atom stereocenters. The number of amides is 1. The van der Waals surface area contributed by atoms with Gasteiger partial charge in [-0.15, -0.1) is 11.3 Å². The van der Waals surface area contributed by atoms with Crippen LogP contribution in [0.5, 0.6) is 0 Å². The lowest BCUT2D eigenvalue weighted by molar-refractivity contribution is 0.0950. The summed E-state index contributed by atoms with van der Waals surface area (Å²) in [5.41, 5.74) is 1.56. The molecule has 3 aromatic heterocycles. The average molecular weight is 442 g/mol. The number of carbonyl (C=O) groups excluding carboxylic acids is 1. The summed E-state index contributed by atoms with van der Waals surface area (Å²) in [6.45, 7) is 0.427. The molecule has 3 aromatic rings. The number of carbonyl (C=O) groups is 1.